The first-order chi connectivity index (χ1) is 15.0. The summed E-state index contributed by atoms with van der Waals surface area (Å²) in [4.78, 5) is 41.5. The summed E-state index contributed by atoms with van der Waals surface area (Å²) in [5.41, 5.74) is 0.931. The van der Waals surface area contributed by atoms with Gasteiger partial charge in [0, 0.05) is 26.7 Å². The SMILES string of the molecule is COc1ccc(CNC(=O)N2C3CN(CC4CCCO4)C(=O)CN3C(=O)CN2C)cc1. The van der Waals surface area contributed by atoms with Crippen molar-refractivity contribution in [2.24, 2.45) is 0 Å². The lowest BCUT2D eigenvalue weighted by Gasteiger charge is -2.51. The molecule has 0 aliphatic carbocycles. The van der Waals surface area contributed by atoms with Gasteiger partial charge in [0.15, 0.2) is 0 Å². The normalized spacial score (nSPS) is 24.4. The van der Waals surface area contributed by atoms with Crippen molar-refractivity contribution in [1.29, 1.82) is 0 Å². The van der Waals surface area contributed by atoms with Crippen molar-refractivity contribution in [3.8, 4) is 5.75 Å². The second-order valence-corrected chi connectivity index (χ2v) is 8.10. The minimum absolute atomic E-state index is 0.0184. The van der Waals surface area contributed by atoms with E-state index in [1.165, 1.54) is 4.90 Å². The Morgan fingerprint density at radius 2 is 1.97 bits per heavy atom. The highest BCUT2D eigenvalue weighted by Crippen LogP contribution is 2.23. The van der Waals surface area contributed by atoms with Gasteiger partial charge in [-0.1, -0.05) is 12.1 Å². The molecule has 3 heterocycles. The van der Waals surface area contributed by atoms with Gasteiger partial charge in [0.05, 0.1) is 26.3 Å². The molecule has 3 fully saturated rings. The minimum atomic E-state index is -0.541. The number of amides is 4. The third-order valence-corrected chi connectivity index (χ3v) is 6.00. The molecule has 10 heteroatoms. The van der Waals surface area contributed by atoms with Gasteiger partial charge in [-0.05, 0) is 30.5 Å². The van der Waals surface area contributed by atoms with E-state index in [1.807, 2.05) is 24.3 Å². The molecule has 1 N–H and O–H groups in total. The zero-order valence-electron chi connectivity index (χ0n) is 18.0. The lowest BCUT2D eigenvalue weighted by atomic mass is 10.1. The maximum Gasteiger partial charge on any atom is 0.334 e. The molecule has 2 unspecified atom stereocenters. The molecule has 0 radical (unpaired) electrons. The van der Waals surface area contributed by atoms with Crippen LogP contribution in [0, 0.1) is 0 Å². The Hall–Kier alpha value is -2.85. The number of methoxy groups -OCH3 is 1. The molecule has 168 valence electrons. The lowest BCUT2D eigenvalue weighted by molar-refractivity contribution is -0.179. The number of carbonyl (C=O) groups is 3. The number of nitrogens with one attached hydrogen (secondary N) is 1. The van der Waals surface area contributed by atoms with E-state index >= 15 is 0 Å². The molecule has 0 spiro atoms. The van der Waals surface area contributed by atoms with Crippen LogP contribution in [0.4, 0.5) is 4.79 Å². The Balaban J connectivity index is 1.44. The summed E-state index contributed by atoms with van der Waals surface area (Å²) in [6, 6.07) is 7.14. The number of carbonyl (C=O) groups excluding carboxylic acids is 3. The maximum absolute atomic E-state index is 13.1. The number of likely N-dealkylation sites (N-methyl/N-ethyl adjacent to an activating group) is 1. The molecular weight excluding hydrogens is 402 g/mol. The van der Waals surface area contributed by atoms with E-state index < -0.39 is 6.17 Å². The highest BCUT2D eigenvalue weighted by atomic mass is 16.5. The first-order valence-electron chi connectivity index (χ1n) is 10.6. The van der Waals surface area contributed by atoms with Crippen LogP contribution in [0.3, 0.4) is 0 Å². The summed E-state index contributed by atoms with van der Waals surface area (Å²) in [5, 5.41) is 6.08. The van der Waals surface area contributed by atoms with Gasteiger partial charge < -0.3 is 24.6 Å². The van der Waals surface area contributed by atoms with Crippen molar-refractivity contribution < 1.29 is 23.9 Å². The predicted molar refractivity (Wildman–Crippen MR) is 111 cm³/mol. The molecule has 10 nitrogen and oxygen atoms in total. The molecule has 1 aromatic carbocycles. The zero-order valence-corrected chi connectivity index (χ0v) is 18.0. The molecule has 31 heavy (non-hydrogen) atoms. The van der Waals surface area contributed by atoms with Crippen LogP contribution in [0.1, 0.15) is 18.4 Å². The number of benzene rings is 1. The van der Waals surface area contributed by atoms with E-state index in [4.69, 9.17) is 9.47 Å². The Morgan fingerprint density at radius 1 is 1.19 bits per heavy atom. The highest BCUT2D eigenvalue weighted by molar-refractivity contribution is 5.89. The van der Waals surface area contributed by atoms with Crippen molar-refractivity contribution in [3.05, 3.63) is 29.8 Å². The Bertz CT molecular complexity index is 826. The standard InChI is InChI=1S/C21H29N5O5/c1-23-13-20(28)25-14-19(27)24(11-17-4-3-9-31-17)12-18(25)26(23)21(29)22-10-15-5-7-16(30-2)8-6-15/h5-8,17-18H,3-4,9-14H2,1-2H3,(H,22,29). The summed E-state index contributed by atoms with van der Waals surface area (Å²) in [6.45, 7) is 1.83. The average Bonchev–Trinajstić information content (AvgIpc) is 3.27. The number of urea groups is 1. The van der Waals surface area contributed by atoms with E-state index in [0.29, 0.717) is 19.7 Å². The van der Waals surface area contributed by atoms with Gasteiger partial charge >= 0.3 is 6.03 Å². The fourth-order valence-electron chi connectivity index (χ4n) is 4.31. The van der Waals surface area contributed by atoms with Crippen LogP contribution in [0.15, 0.2) is 24.3 Å². The number of piperazine rings is 1. The predicted octanol–water partition coefficient (Wildman–Crippen LogP) is 0.243. The van der Waals surface area contributed by atoms with E-state index in [9.17, 15) is 14.4 Å². The molecule has 3 aliphatic rings. The van der Waals surface area contributed by atoms with Gasteiger partial charge in [0.1, 0.15) is 18.5 Å². The summed E-state index contributed by atoms with van der Waals surface area (Å²) < 4.78 is 10.8. The van der Waals surface area contributed by atoms with Crippen molar-refractivity contribution in [1.82, 2.24) is 25.1 Å². The van der Waals surface area contributed by atoms with Gasteiger partial charge in [-0.3, -0.25) is 9.59 Å². The number of hydrogen-bond acceptors (Lipinski definition) is 6. The van der Waals surface area contributed by atoms with Crippen LogP contribution in [-0.4, -0.2) is 96.9 Å². The fraction of sp³-hybridized carbons (Fsp3) is 0.571. The Labute approximate surface area is 181 Å². The zero-order chi connectivity index (χ0) is 22.0. The molecule has 0 bridgehead atoms. The average molecular weight is 431 g/mol. The first-order valence-corrected chi connectivity index (χ1v) is 10.6. The van der Waals surface area contributed by atoms with Crippen LogP contribution in [0.2, 0.25) is 0 Å². The third-order valence-electron chi connectivity index (χ3n) is 6.00. The van der Waals surface area contributed by atoms with Crippen molar-refractivity contribution in [2.45, 2.75) is 31.7 Å². The number of hydrogen-bond donors (Lipinski definition) is 1. The van der Waals surface area contributed by atoms with Crippen molar-refractivity contribution in [3.63, 3.8) is 0 Å². The molecule has 0 saturated carbocycles. The second-order valence-electron chi connectivity index (χ2n) is 8.10. The third kappa shape index (κ3) is 4.59. The molecule has 1 aromatic rings. The number of hydrazine groups is 1. The lowest BCUT2D eigenvalue weighted by Crippen LogP contribution is -2.73. The van der Waals surface area contributed by atoms with Gasteiger partial charge in [-0.15, -0.1) is 0 Å². The second kappa shape index (κ2) is 9.11. The number of fused-ring (bicyclic) bond motifs is 1. The van der Waals surface area contributed by atoms with Crippen LogP contribution in [0.25, 0.3) is 0 Å². The smallest absolute Gasteiger partial charge is 0.334 e. The molecular formula is C21H29N5O5. The largest absolute Gasteiger partial charge is 0.497 e. The summed E-state index contributed by atoms with van der Waals surface area (Å²) in [6.07, 6.45) is 1.39. The molecule has 2 atom stereocenters. The van der Waals surface area contributed by atoms with Crippen LogP contribution in [0.5, 0.6) is 5.75 Å². The van der Waals surface area contributed by atoms with E-state index in [0.717, 1.165) is 24.2 Å². The molecule has 4 rings (SSSR count). The van der Waals surface area contributed by atoms with Gasteiger partial charge in [0.25, 0.3) is 0 Å². The minimum Gasteiger partial charge on any atom is -0.497 e. The Morgan fingerprint density at radius 3 is 2.65 bits per heavy atom. The summed E-state index contributed by atoms with van der Waals surface area (Å²) in [7, 11) is 3.32. The number of ether oxygens (including phenoxy) is 2. The molecule has 3 aliphatic heterocycles. The first kappa shape index (κ1) is 21.4. The molecule has 3 saturated heterocycles. The van der Waals surface area contributed by atoms with E-state index in [-0.39, 0.29) is 43.6 Å². The van der Waals surface area contributed by atoms with E-state index in [2.05, 4.69) is 5.32 Å². The van der Waals surface area contributed by atoms with Crippen LogP contribution >= 0.6 is 0 Å². The van der Waals surface area contributed by atoms with Crippen LogP contribution < -0.4 is 10.1 Å². The van der Waals surface area contributed by atoms with Gasteiger partial charge in [-0.25, -0.2) is 14.8 Å². The summed E-state index contributed by atoms with van der Waals surface area (Å²) in [5.74, 6) is 0.485. The summed E-state index contributed by atoms with van der Waals surface area (Å²) >= 11 is 0. The number of nitrogens with zero attached hydrogens (tertiary/aromatic N) is 4. The maximum atomic E-state index is 13.1. The topological polar surface area (TPSA) is 94.7 Å². The highest BCUT2D eigenvalue weighted by Gasteiger charge is 2.46. The van der Waals surface area contributed by atoms with Crippen molar-refractivity contribution in [2.75, 3.05) is 46.9 Å². The monoisotopic (exact) mass is 431 g/mol. The van der Waals surface area contributed by atoms with Gasteiger partial charge in [0.2, 0.25) is 11.8 Å². The van der Waals surface area contributed by atoms with Crippen LogP contribution in [-0.2, 0) is 20.9 Å². The number of rotatable bonds is 5. The van der Waals surface area contributed by atoms with Gasteiger partial charge in [-0.2, -0.15) is 0 Å². The molecule has 4 amide bonds. The quantitative estimate of drug-likeness (QED) is 0.718. The fourth-order valence-corrected chi connectivity index (χ4v) is 4.31. The van der Waals surface area contributed by atoms with E-state index in [1.54, 1.807) is 29.1 Å². The Kier molecular flexibility index (Phi) is 6.28. The molecule has 0 aromatic heterocycles. The van der Waals surface area contributed by atoms with Crippen molar-refractivity contribution >= 4 is 17.8 Å².